The maximum atomic E-state index is 4.00. The van der Waals surface area contributed by atoms with Gasteiger partial charge in [-0.1, -0.05) is 78.1 Å². The molecule has 0 aromatic carbocycles. The zero-order chi connectivity index (χ0) is 14.6. The highest BCUT2D eigenvalue weighted by Crippen LogP contribution is 2.05. The molecule has 5 N–H and O–H groups in total. The Morgan fingerprint density at radius 2 is 0.842 bits per heavy atom. The Hall–Kier alpha value is -0.120. The molecule has 0 radical (unpaired) electrons. The summed E-state index contributed by atoms with van der Waals surface area (Å²) < 4.78 is 0. The van der Waals surface area contributed by atoms with Crippen LogP contribution >= 0.6 is 0 Å². The van der Waals surface area contributed by atoms with Crippen LogP contribution in [-0.2, 0) is 0 Å². The summed E-state index contributed by atoms with van der Waals surface area (Å²) in [5.74, 6) is 8.00. The number of unbranched alkanes of at least 4 members (excludes halogenated alkanes) is 10. The second-order valence-corrected chi connectivity index (χ2v) is 5.29. The molecule has 0 saturated heterocycles. The fraction of sp³-hybridized carbons (Fsp3) is 1.00. The van der Waals surface area contributed by atoms with Gasteiger partial charge in [-0.15, -0.1) is 0 Å². The molecule has 0 aromatic heterocycles. The average molecular weight is 274 g/mol. The summed E-state index contributed by atoms with van der Waals surface area (Å²) in [5.41, 5.74) is 0. The first-order valence-electron chi connectivity index (χ1n) is 8.45. The fourth-order valence-electron chi connectivity index (χ4n) is 2.19. The Bertz CT molecular complexity index is 115. The number of rotatable bonds is 14. The Morgan fingerprint density at radius 3 is 1.21 bits per heavy atom. The third-order valence-corrected chi connectivity index (χ3v) is 3.41. The highest BCUT2D eigenvalue weighted by Gasteiger charge is 1.92. The molecule has 0 aliphatic carbocycles. The molecule has 0 fully saturated rings. The lowest BCUT2D eigenvalue weighted by atomic mass is 10.1. The van der Waals surface area contributed by atoms with E-state index in [0.717, 1.165) is 0 Å². The van der Waals surface area contributed by atoms with Gasteiger partial charge in [0, 0.05) is 0 Å². The minimum atomic E-state index is 1.24. The number of nitrogens with two attached hydrogens (primary N) is 2. The van der Waals surface area contributed by atoms with Crippen molar-refractivity contribution >= 4 is 0 Å². The molecule has 0 bridgehead atoms. The summed E-state index contributed by atoms with van der Waals surface area (Å²) in [6.45, 7) is 7.03. The van der Waals surface area contributed by atoms with Crippen molar-refractivity contribution in [1.29, 1.82) is 0 Å². The molecule has 0 rings (SSSR count). The molecule has 0 saturated carbocycles. The van der Waals surface area contributed by atoms with Gasteiger partial charge in [-0.3, -0.25) is 11.7 Å². The minimum absolute atomic E-state index is 1.24. The highest BCUT2D eigenvalue weighted by atomic mass is 15.0. The second-order valence-electron chi connectivity index (χ2n) is 5.29. The van der Waals surface area contributed by atoms with Crippen molar-refractivity contribution in [2.45, 2.75) is 90.9 Å². The standard InChI is InChI=1S/C16H35N.H4N2/c1-3-5-7-9-11-13-15-17-16-14-12-10-8-6-4-2;1-2/h17H,3-16H2,1-2H3;1-2H2. The van der Waals surface area contributed by atoms with E-state index in [-0.39, 0.29) is 0 Å². The lowest BCUT2D eigenvalue weighted by Crippen LogP contribution is -2.16. The molecule has 0 aliphatic heterocycles. The third kappa shape index (κ3) is 23.4. The van der Waals surface area contributed by atoms with Gasteiger partial charge in [-0.05, 0) is 25.9 Å². The molecule has 0 unspecified atom stereocenters. The summed E-state index contributed by atoms with van der Waals surface area (Å²) in [4.78, 5) is 0. The van der Waals surface area contributed by atoms with Crippen LogP contribution < -0.4 is 17.0 Å². The summed E-state index contributed by atoms with van der Waals surface area (Å²) in [6, 6.07) is 0. The first kappa shape index (κ1) is 21.2. The summed E-state index contributed by atoms with van der Waals surface area (Å²) in [7, 11) is 0. The van der Waals surface area contributed by atoms with Gasteiger partial charge in [0.15, 0.2) is 0 Å². The maximum absolute atomic E-state index is 4.00. The van der Waals surface area contributed by atoms with Crippen LogP contribution in [0.4, 0.5) is 0 Å². The first-order chi connectivity index (χ1) is 9.41. The van der Waals surface area contributed by atoms with E-state index in [1.54, 1.807) is 0 Å². The van der Waals surface area contributed by atoms with Crippen LogP contribution in [0.3, 0.4) is 0 Å². The molecule has 0 heterocycles. The van der Waals surface area contributed by atoms with Crippen molar-refractivity contribution in [2.75, 3.05) is 13.1 Å². The van der Waals surface area contributed by atoms with Crippen LogP contribution in [0.1, 0.15) is 90.9 Å². The van der Waals surface area contributed by atoms with Gasteiger partial charge < -0.3 is 5.32 Å². The smallest absolute Gasteiger partial charge is 0.00489 e. The molecule has 0 spiro atoms. The molecule has 0 atom stereocenters. The van der Waals surface area contributed by atoms with Crippen LogP contribution in [0.25, 0.3) is 0 Å². The molecule has 3 nitrogen and oxygen atoms in total. The van der Waals surface area contributed by atoms with E-state index in [1.807, 2.05) is 0 Å². The van der Waals surface area contributed by atoms with Crippen molar-refractivity contribution in [2.24, 2.45) is 11.7 Å². The van der Waals surface area contributed by atoms with Crippen LogP contribution in [0.2, 0.25) is 0 Å². The van der Waals surface area contributed by atoms with Crippen molar-refractivity contribution in [3.8, 4) is 0 Å². The quantitative estimate of drug-likeness (QED) is 0.253. The van der Waals surface area contributed by atoms with Crippen molar-refractivity contribution in [3.05, 3.63) is 0 Å². The molecule has 0 amide bonds. The summed E-state index contributed by atoms with van der Waals surface area (Å²) in [5, 5.41) is 3.57. The van der Waals surface area contributed by atoms with Crippen molar-refractivity contribution in [1.82, 2.24) is 5.32 Å². The predicted molar refractivity (Wildman–Crippen MR) is 88.0 cm³/mol. The molecule has 0 aliphatic rings. The van der Waals surface area contributed by atoms with Gasteiger partial charge in [-0.25, -0.2) is 0 Å². The monoisotopic (exact) mass is 273 g/mol. The van der Waals surface area contributed by atoms with E-state index in [2.05, 4.69) is 30.8 Å². The zero-order valence-corrected chi connectivity index (χ0v) is 13.6. The molecule has 118 valence electrons. The lowest BCUT2D eigenvalue weighted by molar-refractivity contribution is 0.543. The average Bonchev–Trinajstić information content (AvgIpc) is 2.46. The van der Waals surface area contributed by atoms with Crippen molar-refractivity contribution in [3.63, 3.8) is 0 Å². The van der Waals surface area contributed by atoms with E-state index in [0.29, 0.717) is 0 Å². The van der Waals surface area contributed by atoms with Crippen LogP contribution in [0.5, 0.6) is 0 Å². The maximum Gasteiger partial charge on any atom is -0.00489 e. The van der Waals surface area contributed by atoms with Crippen LogP contribution in [0, 0.1) is 0 Å². The Balaban J connectivity index is 0. The normalized spacial score (nSPS) is 10.1. The predicted octanol–water partition coefficient (Wildman–Crippen LogP) is 4.12. The highest BCUT2D eigenvalue weighted by molar-refractivity contribution is 4.51. The Morgan fingerprint density at radius 1 is 0.526 bits per heavy atom. The van der Waals surface area contributed by atoms with E-state index < -0.39 is 0 Å². The van der Waals surface area contributed by atoms with E-state index in [4.69, 9.17) is 0 Å². The minimum Gasteiger partial charge on any atom is -0.317 e. The van der Waals surface area contributed by atoms with E-state index in [9.17, 15) is 0 Å². The van der Waals surface area contributed by atoms with Gasteiger partial charge in [0.05, 0.1) is 0 Å². The van der Waals surface area contributed by atoms with Crippen LogP contribution in [0.15, 0.2) is 0 Å². The number of hydrogen-bond acceptors (Lipinski definition) is 3. The van der Waals surface area contributed by atoms with Crippen LogP contribution in [-0.4, -0.2) is 13.1 Å². The van der Waals surface area contributed by atoms with E-state index >= 15 is 0 Å². The van der Waals surface area contributed by atoms with Crippen molar-refractivity contribution < 1.29 is 0 Å². The molecule has 0 aromatic rings. The summed E-state index contributed by atoms with van der Waals surface area (Å²) in [6.07, 6.45) is 16.9. The Labute approximate surface area is 121 Å². The fourth-order valence-corrected chi connectivity index (χ4v) is 2.19. The number of hydrogen-bond donors (Lipinski definition) is 3. The molecule has 3 heteroatoms. The number of nitrogens with one attached hydrogen (secondary N) is 1. The largest absolute Gasteiger partial charge is 0.317 e. The van der Waals surface area contributed by atoms with Gasteiger partial charge in [0.25, 0.3) is 0 Å². The number of hydrazine groups is 1. The van der Waals surface area contributed by atoms with Gasteiger partial charge in [0.1, 0.15) is 0 Å². The Kier molecular flexibility index (Phi) is 25.7. The van der Waals surface area contributed by atoms with Gasteiger partial charge in [-0.2, -0.15) is 0 Å². The lowest BCUT2D eigenvalue weighted by Gasteiger charge is -2.04. The van der Waals surface area contributed by atoms with Gasteiger partial charge in [0.2, 0.25) is 0 Å². The third-order valence-electron chi connectivity index (χ3n) is 3.41. The zero-order valence-electron chi connectivity index (χ0n) is 13.6. The molecular formula is C16H39N3. The van der Waals surface area contributed by atoms with E-state index in [1.165, 1.54) is 90.1 Å². The second kappa shape index (κ2) is 23.0. The topological polar surface area (TPSA) is 64.1 Å². The summed E-state index contributed by atoms with van der Waals surface area (Å²) >= 11 is 0. The van der Waals surface area contributed by atoms with Gasteiger partial charge >= 0.3 is 0 Å². The SMILES string of the molecule is CCCCCCCCNCCCCCCCC.NN. The molecular weight excluding hydrogens is 234 g/mol. The first-order valence-corrected chi connectivity index (χ1v) is 8.45. The molecule has 19 heavy (non-hydrogen) atoms.